The number of thiazole rings is 1. The van der Waals surface area contributed by atoms with Gasteiger partial charge in [0, 0.05) is 0 Å². The zero-order valence-corrected chi connectivity index (χ0v) is 13.8. The van der Waals surface area contributed by atoms with E-state index in [1.807, 2.05) is 0 Å². The normalized spacial score (nSPS) is 8.57. The molecule has 0 fully saturated rings. The number of rotatable bonds is 5. The molecule has 112 valence electrons. The summed E-state index contributed by atoms with van der Waals surface area (Å²) in [7, 11) is 0. The number of hydrogen-bond donors (Lipinski definition) is 3. The van der Waals surface area contributed by atoms with Gasteiger partial charge in [-0.05, 0) is 19.1 Å². The van der Waals surface area contributed by atoms with E-state index in [1.165, 1.54) is 11.3 Å². The summed E-state index contributed by atoms with van der Waals surface area (Å²) in [6.07, 6.45) is 9.93. The molecule has 1 rings (SSSR count). The van der Waals surface area contributed by atoms with Gasteiger partial charge in [-0.25, -0.2) is 4.98 Å². The van der Waals surface area contributed by atoms with Crippen molar-refractivity contribution < 1.29 is 4.79 Å². The summed E-state index contributed by atoms with van der Waals surface area (Å²) in [6.45, 7) is 2.59. The van der Waals surface area contributed by atoms with Crippen molar-refractivity contribution in [1.82, 2.24) is 10.3 Å². The van der Waals surface area contributed by atoms with Gasteiger partial charge in [-0.3, -0.25) is 4.79 Å². The Morgan fingerprint density at radius 2 is 2.10 bits per heavy atom. The van der Waals surface area contributed by atoms with Crippen molar-refractivity contribution in [2.45, 2.75) is 6.92 Å². The molecule has 0 bridgehead atoms. The maximum atomic E-state index is 11.3. The quantitative estimate of drug-likeness (QED) is 0.324. The lowest BCUT2D eigenvalue weighted by Crippen LogP contribution is -2.28. The van der Waals surface area contributed by atoms with Crippen molar-refractivity contribution in [3.05, 3.63) is 10.6 Å². The van der Waals surface area contributed by atoms with Crippen molar-refractivity contribution in [2.75, 3.05) is 24.3 Å². The predicted octanol–water partition coefficient (Wildman–Crippen LogP) is 1.37. The van der Waals surface area contributed by atoms with Crippen LogP contribution in [0.1, 0.15) is 15.4 Å². The van der Waals surface area contributed by atoms with Gasteiger partial charge in [0.25, 0.3) is 0 Å². The molecular weight excluding hydrogens is 328 g/mol. The second-order valence-electron chi connectivity index (χ2n) is 3.47. The molecule has 0 spiro atoms. The minimum Gasteiger partial charge on any atom is -0.376 e. The molecule has 0 aromatic carbocycles. The maximum Gasteiger partial charge on any atom is 0.189 e. The standard InChI is InChI=1S/C9H9ClN2OS.C4H6N2S/c1-3-4-11-9-12-6(2)8(14-9)7(13)5-10;1-2-3-6-4(5)7/h1H,4-5H2,2H3,(H,11,12);1H,3H2,(H3,5,6,7). The van der Waals surface area contributed by atoms with Crippen LogP contribution in [0, 0.1) is 31.6 Å². The molecule has 0 aliphatic heterocycles. The Morgan fingerprint density at radius 3 is 2.52 bits per heavy atom. The second kappa shape index (κ2) is 10.9. The summed E-state index contributed by atoms with van der Waals surface area (Å²) >= 11 is 11.2. The molecule has 4 N–H and O–H groups in total. The lowest BCUT2D eigenvalue weighted by atomic mass is 10.3. The molecule has 0 radical (unpaired) electrons. The van der Waals surface area contributed by atoms with Crippen LogP contribution in [0.15, 0.2) is 0 Å². The van der Waals surface area contributed by atoms with Gasteiger partial charge in [-0.2, -0.15) is 0 Å². The predicted molar refractivity (Wildman–Crippen MR) is 92.8 cm³/mol. The first kappa shape index (κ1) is 19.2. The highest BCUT2D eigenvalue weighted by Gasteiger charge is 2.13. The fourth-order valence-electron chi connectivity index (χ4n) is 1.06. The smallest absolute Gasteiger partial charge is 0.189 e. The highest BCUT2D eigenvalue weighted by atomic mass is 35.5. The lowest BCUT2D eigenvalue weighted by molar-refractivity contribution is 0.102. The van der Waals surface area contributed by atoms with Gasteiger partial charge in [0.05, 0.1) is 29.5 Å². The number of alkyl halides is 1. The van der Waals surface area contributed by atoms with E-state index >= 15 is 0 Å². The summed E-state index contributed by atoms with van der Waals surface area (Å²) in [5.74, 6) is 4.64. The number of aromatic nitrogens is 1. The van der Waals surface area contributed by atoms with Crippen molar-refractivity contribution >= 4 is 51.2 Å². The fourth-order valence-corrected chi connectivity index (χ4v) is 2.24. The molecule has 0 aliphatic rings. The summed E-state index contributed by atoms with van der Waals surface area (Å²) in [4.78, 5) is 16.0. The number of thiocarbonyl (C=S) groups is 1. The van der Waals surface area contributed by atoms with Crippen molar-refractivity contribution in [1.29, 1.82) is 0 Å². The van der Waals surface area contributed by atoms with Crippen LogP contribution >= 0.6 is 35.2 Å². The van der Waals surface area contributed by atoms with Crippen LogP contribution in [0.3, 0.4) is 0 Å². The van der Waals surface area contributed by atoms with Crippen LogP contribution in [0.5, 0.6) is 0 Å². The highest BCUT2D eigenvalue weighted by Crippen LogP contribution is 2.22. The molecule has 1 aromatic heterocycles. The number of nitrogens with one attached hydrogen (secondary N) is 2. The van der Waals surface area contributed by atoms with E-state index in [0.29, 0.717) is 28.8 Å². The Bertz CT molecular complexity index is 572. The van der Waals surface area contributed by atoms with E-state index in [0.717, 1.165) is 0 Å². The van der Waals surface area contributed by atoms with Gasteiger partial charge in [0.2, 0.25) is 0 Å². The number of hydrogen-bond acceptors (Lipinski definition) is 5. The first-order valence-electron chi connectivity index (χ1n) is 5.66. The molecule has 0 amide bonds. The van der Waals surface area contributed by atoms with E-state index in [-0.39, 0.29) is 16.8 Å². The third-order valence-corrected chi connectivity index (χ3v) is 3.42. The molecule has 0 atom stereocenters. The number of nitrogens with zero attached hydrogens (tertiary/aromatic N) is 1. The summed E-state index contributed by atoms with van der Waals surface area (Å²) in [5, 5.41) is 6.39. The molecule has 1 aromatic rings. The maximum absolute atomic E-state index is 11.3. The van der Waals surface area contributed by atoms with Gasteiger partial charge < -0.3 is 16.4 Å². The van der Waals surface area contributed by atoms with Crippen LogP contribution in [0.2, 0.25) is 0 Å². The van der Waals surface area contributed by atoms with Crippen LogP contribution in [-0.4, -0.2) is 34.8 Å². The van der Waals surface area contributed by atoms with Gasteiger partial charge in [0.15, 0.2) is 16.0 Å². The molecule has 5 nitrogen and oxygen atoms in total. The Morgan fingerprint density at radius 1 is 1.48 bits per heavy atom. The molecule has 21 heavy (non-hydrogen) atoms. The van der Waals surface area contributed by atoms with Crippen LogP contribution in [-0.2, 0) is 0 Å². The molecule has 1 heterocycles. The number of anilines is 1. The monoisotopic (exact) mass is 342 g/mol. The number of halogens is 1. The Hall–Kier alpha value is -1.80. The Balaban J connectivity index is 0.000000486. The van der Waals surface area contributed by atoms with E-state index in [9.17, 15) is 4.79 Å². The Kier molecular flexibility index (Phi) is 9.99. The summed E-state index contributed by atoms with van der Waals surface area (Å²) in [5.41, 5.74) is 5.70. The van der Waals surface area contributed by atoms with Gasteiger partial charge in [0.1, 0.15) is 0 Å². The molecule has 0 aliphatic carbocycles. The molecule has 0 saturated carbocycles. The highest BCUT2D eigenvalue weighted by molar-refractivity contribution is 7.80. The second-order valence-corrected chi connectivity index (χ2v) is 5.18. The third kappa shape index (κ3) is 8.16. The SMILES string of the molecule is C#CCNC(N)=S.C#CCNc1nc(C)c(C(=O)CCl)s1. The van der Waals surface area contributed by atoms with E-state index < -0.39 is 0 Å². The molecule has 8 heteroatoms. The molecule has 0 saturated heterocycles. The van der Waals surface area contributed by atoms with Crippen molar-refractivity contribution in [3.63, 3.8) is 0 Å². The van der Waals surface area contributed by atoms with E-state index in [1.54, 1.807) is 6.92 Å². The largest absolute Gasteiger partial charge is 0.376 e. The van der Waals surface area contributed by atoms with Crippen LogP contribution in [0.25, 0.3) is 0 Å². The number of nitrogens with two attached hydrogens (primary N) is 1. The average Bonchev–Trinajstić information content (AvgIpc) is 2.83. The minimum atomic E-state index is -0.101. The first-order valence-corrected chi connectivity index (χ1v) is 7.42. The van der Waals surface area contributed by atoms with Gasteiger partial charge in [-0.15, -0.1) is 24.4 Å². The van der Waals surface area contributed by atoms with E-state index in [2.05, 4.69) is 39.7 Å². The van der Waals surface area contributed by atoms with Crippen LogP contribution < -0.4 is 16.4 Å². The number of terminal acetylenes is 2. The Labute approximate surface area is 138 Å². The zero-order valence-electron chi connectivity index (χ0n) is 11.4. The minimum absolute atomic E-state index is 0.0163. The number of Topliss-reactive ketones (excluding diaryl/α,β-unsaturated/α-hetero) is 1. The summed E-state index contributed by atoms with van der Waals surface area (Å²) in [6, 6.07) is 0. The molecule has 0 unspecified atom stereocenters. The molecular formula is C13H15ClN4OS2. The third-order valence-electron chi connectivity index (χ3n) is 1.88. The van der Waals surface area contributed by atoms with Gasteiger partial charge in [-0.1, -0.05) is 23.2 Å². The van der Waals surface area contributed by atoms with E-state index in [4.69, 9.17) is 30.2 Å². The van der Waals surface area contributed by atoms with Crippen molar-refractivity contribution in [3.8, 4) is 24.7 Å². The first-order chi connectivity index (χ1) is 9.96. The number of aryl methyl sites for hydroxylation is 1. The average molecular weight is 343 g/mol. The number of carbonyl (C=O) groups excluding carboxylic acids is 1. The number of ketones is 1. The topological polar surface area (TPSA) is 80.0 Å². The lowest BCUT2D eigenvalue weighted by Gasteiger charge is -1.92. The van der Waals surface area contributed by atoms with Crippen molar-refractivity contribution in [2.24, 2.45) is 5.73 Å². The zero-order chi connectivity index (χ0) is 16.3. The van der Waals surface area contributed by atoms with Crippen LogP contribution in [0.4, 0.5) is 5.13 Å². The fraction of sp³-hybridized carbons (Fsp3) is 0.308. The van der Waals surface area contributed by atoms with Gasteiger partial charge >= 0.3 is 0 Å². The summed E-state index contributed by atoms with van der Waals surface area (Å²) < 4.78 is 0. The number of carbonyl (C=O) groups is 1.